The van der Waals surface area contributed by atoms with E-state index in [9.17, 15) is 0 Å². The Hall–Kier alpha value is -1.18. The quantitative estimate of drug-likeness (QED) is 0.685. The van der Waals surface area contributed by atoms with Crippen molar-refractivity contribution in [3.8, 4) is 0 Å². The molecule has 1 aromatic rings. The number of anilines is 2. The van der Waals surface area contributed by atoms with Gasteiger partial charge in [0, 0.05) is 12.6 Å². The van der Waals surface area contributed by atoms with E-state index in [1.807, 2.05) is 12.1 Å². The van der Waals surface area contributed by atoms with Crippen LogP contribution in [0.5, 0.6) is 0 Å². The van der Waals surface area contributed by atoms with Crippen LogP contribution in [0.3, 0.4) is 0 Å². The van der Waals surface area contributed by atoms with Crippen molar-refractivity contribution in [2.24, 2.45) is 5.92 Å². The minimum Gasteiger partial charge on any atom is -0.397 e. The smallest absolute Gasteiger partial charge is 0.0602 e. The molecule has 1 aliphatic carbocycles. The lowest BCUT2D eigenvalue weighted by Gasteiger charge is -2.30. The third-order valence-electron chi connectivity index (χ3n) is 3.66. The van der Waals surface area contributed by atoms with Crippen molar-refractivity contribution < 1.29 is 0 Å². The summed E-state index contributed by atoms with van der Waals surface area (Å²) in [7, 11) is 0. The van der Waals surface area contributed by atoms with Crippen molar-refractivity contribution in [1.82, 2.24) is 0 Å². The fraction of sp³-hybridized carbons (Fsp3) is 0.500. The summed E-state index contributed by atoms with van der Waals surface area (Å²) in [6.07, 6.45) is 4.17. The molecule has 1 saturated heterocycles. The molecule has 0 spiro atoms. The molecule has 0 radical (unpaired) electrons. The van der Waals surface area contributed by atoms with E-state index in [1.54, 1.807) is 0 Å². The van der Waals surface area contributed by atoms with Gasteiger partial charge in [0.1, 0.15) is 0 Å². The molecular formula is C12H16N2. The zero-order chi connectivity index (χ0) is 9.54. The minimum absolute atomic E-state index is 0.768. The van der Waals surface area contributed by atoms with E-state index < -0.39 is 0 Å². The Morgan fingerprint density at radius 1 is 1.21 bits per heavy atom. The van der Waals surface area contributed by atoms with Crippen LogP contribution in [0.25, 0.3) is 0 Å². The average Bonchev–Trinajstić information content (AvgIpc) is 2.79. The lowest BCUT2D eigenvalue weighted by Crippen LogP contribution is -2.32. The van der Waals surface area contributed by atoms with Gasteiger partial charge in [0.2, 0.25) is 0 Å². The van der Waals surface area contributed by atoms with Crippen LogP contribution in [0, 0.1) is 5.92 Å². The van der Waals surface area contributed by atoms with Gasteiger partial charge in [-0.1, -0.05) is 12.1 Å². The first-order chi connectivity index (χ1) is 6.84. The SMILES string of the molecule is Nc1ccccc1N1C[C@H]2CC[C@@H]1C2. The van der Waals surface area contributed by atoms with E-state index in [-0.39, 0.29) is 0 Å². The molecule has 1 saturated carbocycles. The molecular weight excluding hydrogens is 172 g/mol. The lowest BCUT2D eigenvalue weighted by atomic mass is 10.1. The summed E-state index contributed by atoms with van der Waals surface area (Å²) in [6.45, 7) is 1.22. The second-order valence-electron chi connectivity index (χ2n) is 4.54. The summed E-state index contributed by atoms with van der Waals surface area (Å²) < 4.78 is 0. The molecule has 2 N–H and O–H groups in total. The zero-order valence-corrected chi connectivity index (χ0v) is 8.32. The van der Waals surface area contributed by atoms with Gasteiger partial charge in [-0.25, -0.2) is 0 Å². The Morgan fingerprint density at radius 2 is 2.07 bits per heavy atom. The second-order valence-corrected chi connectivity index (χ2v) is 4.54. The molecule has 3 rings (SSSR count). The number of fused-ring (bicyclic) bond motifs is 2. The van der Waals surface area contributed by atoms with Crippen LogP contribution in [0.1, 0.15) is 19.3 Å². The predicted octanol–water partition coefficient (Wildman–Crippen LogP) is 2.26. The Balaban J connectivity index is 1.93. The van der Waals surface area contributed by atoms with Gasteiger partial charge < -0.3 is 10.6 Å². The molecule has 0 amide bonds. The highest BCUT2D eigenvalue weighted by atomic mass is 15.2. The van der Waals surface area contributed by atoms with Crippen LogP contribution in [0.4, 0.5) is 11.4 Å². The number of para-hydroxylation sites is 2. The highest BCUT2D eigenvalue weighted by molar-refractivity contribution is 5.68. The Morgan fingerprint density at radius 3 is 2.71 bits per heavy atom. The number of rotatable bonds is 1. The van der Waals surface area contributed by atoms with E-state index in [4.69, 9.17) is 5.73 Å². The van der Waals surface area contributed by atoms with Crippen LogP contribution < -0.4 is 10.6 Å². The van der Waals surface area contributed by atoms with Crippen molar-refractivity contribution in [2.45, 2.75) is 25.3 Å². The summed E-state index contributed by atoms with van der Waals surface area (Å²) in [5, 5.41) is 0. The van der Waals surface area contributed by atoms with Gasteiger partial charge in [-0.05, 0) is 37.3 Å². The van der Waals surface area contributed by atoms with Gasteiger partial charge in [-0.2, -0.15) is 0 Å². The van der Waals surface area contributed by atoms with Crippen molar-refractivity contribution in [1.29, 1.82) is 0 Å². The predicted molar refractivity (Wildman–Crippen MR) is 59.3 cm³/mol. The lowest BCUT2D eigenvalue weighted by molar-refractivity contribution is 0.554. The first-order valence-electron chi connectivity index (χ1n) is 5.46. The molecule has 14 heavy (non-hydrogen) atoms. The molecule has 1 heterocycles. The molecule has 2 aliphatic rings. The summed E-state index contributed by atoms with van der Waals surface area (Å²) in [5.41, 5.74) is 8.17. The molecule has 74 valence electrons. The van der Waals surface area contributed by atoms with Crippen molar-refractivity contribution in [2.75, 3.05) is 17.2 Å². The summed E-state index contributed by atoms with van der Waals surface area (Å²) in [5.74, 6) is 0.930. The number of nitrogens with zero attached hydrogens (tertiary/aromatic N) is 1. The maximum Gasteiger partial charge on any atom is 0.0602 e. The van der Waals surface area contributed by atoms with Crippen LogP contribution in [0.2, 0.25) is 0 Å². The maximum atomic E-state index is 5.99. The zero-order valence-electron chi connectivity index (χ0n) is 8.32. The van der Waals surface area contributed by atoms with E-state index in [0.29, 0.717) is 0 Å². The highest BCUT2D eigenvalue weighted by Gasteiger charge is 2.38. The molecule has 1 aliphatic heterocycles. The van der Waals surface area contributed by atoms with Gasteiger partial charge in [-0.3, -0.25) is 0 Å². The largest absolute Gasteiger partial charge is 0.397 e. The molecule has 2 nitrogen and oxygen atoms in total. The monoisotopic (exact) mass is 188 g/mol. The van der Waals surface area contributed by atoms with Gasteiger partial charge in [0.05, 0.1) is 11.4 Å². The van der Waals surface area contributed by atoms with Gasteiger partial charge >= 0.3 is 0 Å². The van der Waals surface area contributed by atoms with E-state index in [0.717, 1.165) is 17.6 Å². The van der Waals surface area contributed by atoms with E-state index >= 15 is 0 Å². The number of piperidine rings is 1. The van der Waals surface area contributed by atoms with Crippen molar-refractivity contribution >= 4 is 11.4 Å². The molecule has 2 fully saturated rings. The van der Waals surface area contributed by atoms with Crippen LogP contribution in [-0.2, 0) is 0 Å². The number of benzene rings is 1. The summed E-state index contributed by atoms with van der Waals surface area (Å²) in [6, 6.07) is 9.01. The highest BCUT2D eigenvalue weighted by Crippen LogP contribution is 2.41. The summed E-state index contributed by atoms with van der Waals surface area (Å²) in [4.78, 5) is 2.50. The third-order valence-corrected chi connectivity index (χ3v) is 3.66. The van der Waals surface area contributed by atoms with Crippen molar-refractivity contribution in [3.63, 3.8) is 0 Å². The van der Waals surface area contributed by atoms with Gasteiger partial charge in [0.15, 0.2) is 0 Å². The molecule has 0 aromatic heterocycles. The fourth-order valence-corrected chi connectivity index (χ4v) is 2.97. The maximum absolute atomic E-state index is 5.99. The second kappa shape index (κ2) is 2.91. The van der Waals surface area contributed by atoms with E-state index in [1.165, 1.54) is 31.5 Å². The molecule has 1 aromatic carbocycles. The van der Waals surface area contributed by atoms with Crippen LogP contribution >= 0.6 is 0 Å². The average molecular weight is 188 g/mol. The minimum atomic E-state index is 0.768. The number of nitrogen functional groups attached to an aromatic ring is 1. The van der Waals surface area contributed by atoms with Crippen molar-refractivity contribution in [3.05, 3.63) is 24.3 Å². The van der Waals surface area contributed by atoms with E-state index in [2.05, 4.69) is 17.0 Å². The molecule has 2 atom stereocenters. The van der Waals surface area contributed by atoms with Crippen LogP contribution in [0.15, 0.2) is 24.3 Å². The summed E-state index contributed by atoms with van der Waals surface area (Å²) >= 11 is 0. The first kappa shape index (κ1) is 8.16. The molecule has 2 bridgehead atoms. The van der Waals surface area contributed by atoms with Crippen LogP contribution in [-0.4, -0.2) is 12.6 Å². The third kappa shape index (κ3) is 1.10. The first-order valence-corrected chi connectivity index (χ1v) is 5.46. The Kier molecular flexibility index (Phi) is 1.69. The van der Waals surface area contributed by atoms with Gasteiger partial charge in [0.25, 0.3) is 0 Å². The Bertz CT molecular complexity index is 348. The standard InChI is InChI=1S/C12H16N2/c13-11-3-1-2-4-12(11)14-8-9-5-6-10(14)7-9/h1-4,9-10H,5-8,13H2/t9-,10+/m0/s1. The normalized spacial score (nSPS) is 29.9. The Labute approximate surface area is 84.7 Å². The molecule has 2 heteroatoms. The topological polar surface area (TPSA) is 29.3 Å². The molecule has 0 unspecified atom stereocenters. The number of hydrogen-bond donors (Lipinski definition) is 1. The fourth-order valence-electron chi connectivity index (χ4n) is 2.97. The number of hydrogen-bond acceptors (Lipinski definition) is 2. The van der Waals surface area contributed by atoms with Gasteiger partial charge in [-0.15, -0.1) is 0 Å². The number of nitrogens with two attached hydrogens (primary N) is 1.